The van der Waals surface area contributed by atoms with Crippen LogP contribution in [-0.2, 0) is 4.79 Å². The van der Waals surface area contributed by atoms with Crippen LogP contribution in [0.25, 0.3) is 0 Å². The number of unbranched alkanes of at least 4 members (excludes halogenated alkanes) is 1. The van der Waals surface area contributed by atoms with Crippen LogP contribution in [0.3, 0.4) is 0 Å². The second-order valence-corrected chi connectivity index (χ2v) is 3.41. The van der Waals surface area contributed by atoms with Crippen LogP contribution in [0.5, 0.6) is 0 Å². The van der Waals surface area contributed by atoms with Crippen molar-refractivity contribution in [3.05, 3.63) is 0 Å². The van der Waals surface area contributed by atoms with E-state index in [1.807, 2.05) is 0 Å². The topological polar surface area (TPSA) is 119 Å². The van der Waals surface area contributed by atoms with Gasteiger partial charge in [-0.2, -0.15) is 0 Å². The third-order valence-corrected chi connectivity index (χ3v) is 2.13. The molecule has 1 radical (unpaired) electrons. The Morgan fingerprint density at radius 3 is 2.53 bits per heavy atom. The van der Waals surface area contributed by atoms with Crippen molar-refractivity contribution in [1.29, 1.82) is 0 Å². The van der Waals surface area contributed by atoms with E-state index in [2.05, 4.69) is 4.99 Å². The third kappa shape index (κ3) is 9.92. The van der Waals surface area contributed by atoms with Crippen molar-refractivity contribution < 1.29 is 64.3 Å². The van der Waals surface area contributed by atoms with Crippen LogP contribution >= 0.6 is 0 Å². The van der Waals surface area contributed by atoms with Crippen molar-refractivity contribution in [2.24, 2.45) is 10.7 Å². The fourth-order valence-electron chi connectivity index (χ4n) is 1.10. The molecule has 0 aliphatic rings. The molecule has 0 fully saturated rings. The molecule has 7 nitrogen and oxygen atoms in total. The molecule has 0 spiro atoms. The molecular formula is C9H19AcN3O4. The van der Waals surface area contributed by atoms with E-state index in [1.165, 1.54) is 0 Å². The molecule has 0 aromatic carbocycles. The number of hydroxylamine groups is 2. The molecule has 0 rings (SSSR count). The van der Waals surface area contributed by atoms with Crippen LogP contribution in [0, 0.1) is 44.1 Å². The summed E-state index contributed by atoms with van der Waals surface area (Å²) >= 11 is 0. The molecule has 5 N–H and O–H groups in total. The van der Waals surface area contributed by atoms with Gasteiger partial charge in [-0.3, -0.25) is 10.0 Å². The summed E-state index contributed by atoms with van der Waals surface area (Å²) in [6, 6.07) is -0.848. The number of carboxylic acids is 1. The maximum atomic E-state index is 10.4. The van der Waals surface area contributed by atoms with Crippen LogP contribution in [0.1, 0.15) is 26.2 Å². The van der Waals surface area contributed by atoms with Crippen molar-refractivity contribution in [3.8, 4) is 0 Å². The summed E-state index contributed by atoms with van der Waals surface area (Å²) in [6.45, 7) is 1.54. The van der Waals surface area contributed by atoms with E-state index >= 15 is 0 Å². The average molecular weight is 460 g/mol. The van der Waals surface area contributed by atoms with Gasteiger partial charge in [-0.05, 0) is 26.2 Å². The zero-order chi connectivity index (χ0) is 12.6. The van der Waals surface area contributed by atoms with E-state index in [1.54, 1.807) is 6.92 Å². The Hall–Kier alpha value is 0.262. The Morgan fingerprint density at radius 2 is 2.06 bits per heavy atom. The minimum atomic E-state index is -1.01. The summed E-state index contributed by atoms with van der Waals surface area (Å²) in [6.07, 6.45) is 1.59. The number of hydrogen-bond donors (Lipinski definition) is 4. The van der Waals surface area contributed by atoms with Gasteiger partial charge in [0.05, 0.1) is 0 Å². The second-order valence-electron chi connectivity index (χ2n) is 3.41. The Bertz CT molecular complexity index is 250. The number of hydrogen-bond acceptors (Lipinski definition) is 5. The monoisotopic (exact) mass is 460 g/mol. The maximum Gasteiger partial charge on any atom is 0.320 e. The Labute approximate surface area is 136 Å². The molecular weight excluding hydrogens is 441 g/mol. The standard InChI is InChI=1S/C9H19N3O4.Ac/c1-7(11-6-13)12(16)5-3-2-4-8(10)9(14)15;/h8,13,16H,2-6,10H2,1H3,(H,14,15);/b11-7+;/t8-;/m0./s1. The predicted molar refractivity (Wildman–Crippen MR) is 58.1 cm³/mol. The van der Waals surface area contributed by atoms with Crippen molar-refractivity contribution in [3.63, 3.8) is 0 Å². The maximum absolute atomic E-state index is 10.4. The minimum absolute atomic E-state index is 0. The number of amidine groups is 1. The van der Waals surface area contributed by atoms with Crippen molar-refractivity contribution in [2.75, 3.05) is 13.3 Å². The minimum Gasteiger partial charge on any atom is -0.480 e. The fraction of sp³-hybridized carbons (Fsp3) is 0.778. The number of aliphatic hydroxyl groups excluding tert-OH is 1. The fourth-order valence-corrected chi connectivity index (χ4v) is 1.10. The number of aliphatic imine (C=N–C) groups is 1. The molecule has 0 aliphatic heterocycles. The summed E-state index contributed by atoms with van der Waals surface area (Å²) < 4.78 is 0. The van der Waals surface area contributed by atoms with Gasteiger partial charge < -0.3 is 15.9 Å². The first-order valence-electron chi connectivity index (χ1n) is 5.05. The van der Waals surface area contributed by atoms with Crippen LogP contribution in [0.2, 0.25) is 0 Å². The van der Waals surface area contributed by atoms with E-state index in [0.29, 0.717) is 31.6 Å². The third-order valence-electron chi connectivity index (χ3n) is 2.13. The summed E-state index contributed by atoms with van der Waals surface area (Å²) in [5, 5.41) is 27.3. The molecule has 0 saturated heterocycles. The molecule has 17 heavy (non-hydrogen) atoms. The first kappa shape index (κ1) is 19.6. The number of nitrogens with two attached hydrogens (primary N) is 1. The van der Waals surface area contributed by atoms with E-state index in [4.69, 9.17) is 15.9 Å². The normalized spacial score (nSPS) is 12.8. The number of carboxylic acid groups (broad SMARTS) is 1. The van der Waals surface area contributed by atoms with Gasteiger partial charge in [-0.25, -0.2) is 10.1 Å². The Morgan fingerprint density at radius 1 is 1.47 bits per heavy atom. The van der Waals surface area contributed by atoms with Gasteiger partial charge in [-0.1, -0.05) is 0 Å². The number of aliphatic carboxylic acids is 1. The summed E-state index contributed by atoms with van der Waals surface area (Å²) in [4.78, 5) is 14.0. The van der Waals surface area contributed by atoms with E-state index in [-0.39, 0.29) is 50.8 Å². The first-order chi connectivity index (χ1) is 7.49. The van der Waals surface area contributed by atoms with Gasteiger partial charge in [0.25, 0.3) is 0 Å². The molecule has 0 aromatic heterocycles. The molecule has 0 aliphatic carbocycles. The molecule has 0 heterocycles. The van der Waals surface area contributed by atoms with Gasteiger partial charge in [0.2, 0.25) is 0 Å². The predicted octanol–water partition coefficient (Wildman–Crippen LogP) is -0.372. The first-order valence-corrected chi connectivity index (χ1v) is 5.05. The van der Waals surface area contributed by atoms with Crippen LogP contribution < -0.4 is 5.73 Å². The largest absolute Gasteiger partial charge is 0.480 e. The molecule has 8 heteroatoms. The molecule has 97 valence electrons. The van der Waals surface area contributed by atoms with Crippen LogP contribution in [0.15, 0.2) is 4.99 Å². The molecule has 0 aromatic rings. The SMILES string of the molecule is C/C(=N\CO)N(O)CCCC[C@H](N)C(=O)O.[Ac]. The summed E-state index contributed by atoms with van der Waals surface area (Å²) in [5.41, 5.74) is 5.31. The van der Waals surface area contributed by atoms with Gasteiger partial charge in [-0.15, -0.1) is 0 Å². The zero-order valence-electron chi connectivity index (χ0n) is 9.91. The van der Waals surface area contributed by atoms with E-state index < -0.39 is 12.0 Å². The molecule has 1 atom stereocenters. The van der Waals surface area contributed by atoms with Crippen molar-refractivity contribution in [1.82, 2.24) is 5.06 Å². The number of carbonyl (C=O) groups is 1. The van der Waals surface area contributed by atoms with E-state index in [9.17, 15) is 10.0 Å². The van der Waals surface area contributed by atoms with Gasteiger partial charge >= 0.3 is 5.97 Å². The molecule has 0 bridgehead atoms. The number of aliphatic hydroxyl groups is 1. The average Bonchev–Trinajstić information content (AvgIpc) is 2.23. The molecule has 0 amide bonds. The molecule has 0 unspecified atom stereocenters. The summed E-state index contributed by atoms with van der Waals surface area (Å²) in [7, 11) is 0. The van der Waals surface area contributed by atoms with Crippen LogP contribution in [-0.4, -0.2) is 51.6 Å². The van der Waals surface area contributed by atoms with Crippen molar-refractivity contribution >= 4 is 11.8 Å². The smallest absolute Gasteiger partial charge is 0.320 e. The number of rotatable bonds is 7. The Balaban J connectivity index is 0. The van der Waals surface area contributed by atoms with Gasteiger partial charge in [0.1, 0.15) is 18.6 Å². The quantitative estimate of drug-likeness (QED) is 0.178. The zero-order valence-corrected chi connectivity index (χ0v) is 14.7. The van der Waals surface area contributed by atoms with Gasteiger partial charge in [0.15, 0.2) is 0 Å². The van der Waals surface area contributed by atoms with E-state index in [0.717, 1.165) is 5.06 Å². The molecule has 0 saturated carbocycles. The Kier molecular flexibility index (Phi) is 13.1. The van der Waals surface area contributed by atoms with Gasteiger partial charge in [0, 0.05) is 50.6 Å². The second kappa shape index (κ2) is 11.4. The van der Waals surface area contributed by atoms with Crippen molar-refractivity contribution in [2.45, 2.75) is 32.2 Å². The summed E-state index contributed by atoms with van der Waals surface area (Å²) in [5.74, 6) is -0.691. The van der Waals surface area contributed by atoms with Crippen LogP contribution in [0.4, 0.5) is 0 Å². The number of nitrogens with zero attached hydrogens (tertiary/aromatic N) is 2.